The van der Waals surface area contributed by atoms with Gasteiger partial charge in [0.1, 0.15) is 11.5 Å². The molecule has 12 heteroatoms. The summed E-state index contributed by atoms with van der Waals surface area (Å²) >= 11 is 3.53. The topological polar surface area (TPSA) is 162 Å². The van der Waals surface area contributed by atoms with Gasteiger partial charge in [0, 0.05) is 28.7 Å². The van der Waals surface area contributed by atoms with Crippen LogP contribution in [0.4, 0.5) is 4.39 Å². The predicted molar refractivity (Wildman–Crippen MR) is 129 cm³/mol. The fraction of sp³-hybridized carbons (Fsp3) is 0.238. The van der Waals surface area contributed by atoms with E-state index in [1.807, 2.05) is 0 Å². The maximum absolute atomic E-state index is 14.6. The van der Waals surface area contributed by atoms with E-state index < -0.39 is 33.3 Å². The van der Waals surface area contributed by atoms with E-state index in [0.717, 1.165) is 12.3 Å². The van der Waals surface area contributed by atoms with Crippen molar-refractivity contribution in [2.24, 2.45) is 16.2 Å². The Bertz CT molecular complexity index is 1340. The monoisotopic (exact) mass is 493 g/mol. The Hall–Kier alpha value is -3.25. The number of H-pyrrole nitrogens is 1. The van der Waals surface area contributed by atoms with Crippen LogP contribution in [0.15, 0.2) is 46.7 Å². The molecule has 176 valence electrons. The average molecular weight is 494 g/mol. The first kappa shape index (κ1) is 26.0. The maximum atomic E-state index is 14.6. The molecule has 0 bridgehead atoms. The molecule has 3 rings (SSSR count). The molecule has 1 unspecified atom stereocenters. The van der Waals surface area contributed by atoms with Crippen molar-refractivity contribution in [1.82, 2.24) is 4.98 Å². The van der Waals surface area contributed by atoms with Crippen molar-refractivity contribution in [2.45, 2.75) is 18.6 Å². The molecule has 0 aliphatic rings. The minimum atomic E-state index is -3.44. The summed E-state index contributed by atoms with van der Waals surface area (Å²) in [5.74, 6) is 1.91. The maximum Gasteiger partial charge on any atom is 0.352 e. The van der Waals surface area contributed by atoms with Gasteiger partial charge in [0.05, 0.1) is 11.3 Å². The van der Waals surface area contributed by atoms with Gasteiger partial charge in [0.25, 0.3) is 0 Å². The summed E-state index contributed by atoms with van der Waals surface area (Å²) in [4.78, 5) is 14.8. The fourth-order valence-electron chi connectivity index (χ4n) is 3.46. The number of sulfone groups is 1. The van der Waals surface area contributed by atoms with E-state index >= 15 is 0 Å². The van der Waals surface area contributed by atoms with Gasteiger partial charge in [-0.05, 0) is 23.4 Å². The van der Waals surface area contributed by atoms with Gasteiger partial charge >= 0.3 is 5.97 Å². The molecule has 5 N–H and O–H groups in total. The lowest BCUT2D eigenvalue weighted by atomic mass is 9.95. The zero-order valence-corrected chi connectivity index (χ0v) is 19.8. The van der Waals surface area contributed by atoms with Crippen molar-refractivity contribution in [1.29, 1.82) is 5.41 Å². The minimum absolute atomic E-state index is 0.00197. The summed E-state index contributed by atoms with van der Waals surface area (Å²) in [6, 6.07) is 9.03. The number of nitrogens with zero attached hydrogens (tertiary/aromatic N) is 2. The van der Waals surface area contributed by atoms with Crippen LogP contribution in [0.1, 0.15) is 34.5 Å². The number of halogens is 1. The summed E-state index contributed by atoms with van der Waals surface area (Å²) in [7, 11) is -3.44. The van der Waals surface area contributed by atoms with Gasteiger partial charge in [-0.15, -0.1) is 5.11 Å². The minimum Gasteiger partial charge on any atom is -0.477 e. The van der Waals surface area contributed by atoms with Crippen molar-refractivity contribution < 1.29 is 22.7 Å². The molecule has 1 atom stereocenters. The second-order valence-electron chi connectivity index (χ2n) is 7.15. The quantitative estimate of drug-likeness (QED) is 0.0868. The number of para-hydroxylation sites is 1. The first-order chi connectivity index (χ1) is 15.5. The summed E-state index contributed by atoms with van der Waals surface area (Å²) in [6.45, 7) is 1.70. The van der Waals surface area contributed by atoms with Crippen LogP contribution in [0.2, 0.25) is 0 Å². The average Bonchev–Trinajstić information content (AvgIpc) is 3.15. The Morgan fingerprint density at radius 3 is 2.52 bits per heavy atom. The molecule has 9 nitrogen and oxygen atoms in total. The number of thiol groups is 1. The zero-order valence-electron chi connectivity index (χ0n) is 18.1. The number of hydrogen-bond acceptors (Lipinski definition) is 6. The molecule has 0 fully saturated rings. The molecular formula is C21H24FN5O4S2. The number of carbonyl (C=O) groups is 1. The molecule has 0 saturated heterocycles. The van der Waals surface area contributed by atoms with Crippen molar-refractivity contribution >= 4 is 45.2 Å². The standard InChI is InChI=1S/C20H20FN5O4S.CH4S/c1-10(19(22)25-26-23)13-4-3-5-14-16(18(20(27)28)24-17(13)14)11-6-7-12(15(21)8-11)9-31(2,29)30;1-2/h3-8,10,24H,9H2,1-2H3,(H,27,28)(H3,22,23,25);2H,1H3. The second kappa shape index (κ2) is 10.6. The third kappa shape index (κ3) is 5.76. The van der Waals surface area contributed by atoms with Crippen molar-refractivity contribution in [3.05, 3.63) is 59.0 Å². The van der Waals surface area contributed by atoms with E-state index in [2.05, 4.69) is 28.0 Å². The van der Waals surface area contributed by atoms with Crippen LogP contribution < -0.4 is 5.84 Å². The summed E-state index contributed by atoms with van der Waals surface area (Å²) in [5.41, 5.74) is 1.43. The molecule has 0 aliphatic carbocycles. The van der Waals surface area contributed by atoms with Crippen molar-refractivity contribution in [3.63, 3.8) is 0 Å². The van der Waals surface area contributed by atoms with Gasteiger partial charge < -0.3 is 15.9 Å². The lowest BCUT2D eigenvalue weighted by Gasteiger charge is -2.11. The van der Waals surface area contributed by atoms with Gasteiger partial charge in [0.2, 0.25) is 0 Å². The van der Waals surface area contributed by atoms with Gasteiger partial charge in [0.15, 0.2) is 15.7 Å². The number of aromatic carboxylic acids is 1. The SMILES string of the molecule is CC(C(=N)N=NN)c1cccc2c(-c3ccc(CS(C)(=O)=O)c(F)c3)c(C(=O)O)[nH]c12.CS. The van der Waals surface area contributed by atoms with E-state index in [-0.39, 0.29) is 28.2 Å². The number of aromatic amines is 1. The van der Waals surface area contributed by atoms with E-state index in [1.165, 1.54) is 12.1 Å². The zero-order chi connectivity index (χ0) is 24.9. The molecule has 0 saturated carbocycles. The Labute approximate surface area is 195 Å². The first-order valence-corrected chi connectivity index (χ1v) is 12.5. The van der Waals surface area contributed by atoms with Crippen LogP contribution in [0.5, 0.6) is 0 Å². The molecule has 0 amide bonds. The third-order valence-electron chi connectivity index (χ3n) is 4.88. The number of nitrogens with two attached hydrogens (primary N) is 1. The first-order valence-electron chi connectivity index (χ1n) is 9.52. The lowest BCUT2D eigenvalue weighted by molar-refractivity contribution is 0.0692. The van der Waals surface area contributed by atoms with E-state index in [9.17, 15) is 22.7 Å². The molecule has 0 radical (unpaired) electrons. The molecular weight excluding hydrogens is 469 g/mol. The van der Waals surface area contributed by atoms with Gasteiger partial charge in [-0.3, -0.25) is 5.41 Å². The highest BCUT2D eigenvalue weighted by Crippen LogP contribution is 2.37. The van der Waals surface area contributed by atoms with E-state index in [4.69, 9.17) is 11.3 Å². The molecule has 1 aromatic heterocycles. The third-order valence-corrected chi connectivity index (χ3v) is 5.72. The number of carboxylic acids is 1. The predicted octanol–water partition coefficient (Wildman–Crippen LogP) is 4.17. The summed E-state index contributed by atoms with van der Waals surface area (Å²) in [6.07, 6.45) is 2.70. The Balaban J connectivity index is 0.00000187. The molecule has 33 heavy (non-hydrogen) atoms. The van der Waals surface area contributed by atoms with Crippen LogP contribution in [-0.2, 0) is 15.6 Å². The lowest BCUT2D eigenvalue weighted by Crippen LogP contribution is -2.06. The molecule has 0 aliphatic heterocycles. The van der Waals surface area contributed by atoms with Crippen LogP contribution in [0.3, 0.4) is 0 Å². The van der Waals surface area contributed by atoms with Crippen LogP contribution in [0.25, 0.3) is 22.0 Å². The highest BCUT2D eigenvalue weighted by Gasteiger charge is 2.24. The number of aromatic nitrogens is 1. The van der Waals surface area contributed by atoms with Crippen molar-refractivity contribution in [2.75, 3.05) is 12.5 Å². The van der Waals surface area contributed by atoms with Gasteiger partial charge in [-0.1, -0.05) is 42.5 Å². The molecule has 3 aromatic rings. The van der Waals surface area contributed by atoms with E-state index in [0.29, 0.717) is 16.5 Å². The number of benzene rings is 2. The number of hydrogen-bond donors (Lipinski definition) is 5. The van der Waals surface area contributed by atoms with Crippen LogP contribution >= 0.6 is 12.6 Å². The van der Waals surface area contributed by atoms with Crippen molar-refractivity contribution in [3.8, 4) is 11.1 Å². The van der Waals surface area contributed by atoms with Gasteiger partial charge in [-0.25, -0.2) is 17.6 Å². The Morgan fingerprint density at radius 1 is 1.30 bits per heavy atom. The highest BCUT2D eigenvalue weighted by molar-refractivity contribution is 7.89. The molecule has 2 aromatic carbocycles. The Kier molecular flexibility index (Phi) is 8.34. The van der Waals surface area contributed by atoms with Crippen LogP contribution in [-0.4, -0.2) is 42.8 Å². The summed E-state index contributed by atoms with van der Waals surface area (Å²) in [5, 5.41) is 24.9. The number of carboxylic acid groups (broad SMARTS) is 1. The smallest absolute Gasteiger partial charge is 0.352 e. The highest BCUT2D eigenvalue weighted by atomic mass is 32.2. The number of rotatable bonds is 6. The molecule has 1 heterocycles. The number of nitrogens with one attached hydrogen (secondary N) is 2. The number of amidine groups is 1. The number of fused-ring (bicyclic) bond motifs is 1. The molecule has 0 spiro atoms. The van der Waals surface area contributed by atoms with E-state index in [1.54, 1.807) is 31.4 Å². The fourth-order valence-corrected chi connectivity index (χ4v) is 4.26. The largest absolute Gasteiger partial charge is 0.477 e. The van der Waals surface area contributed by atoms with Crippen LogP contribution in [0, 0.1) is 11.2 Å². The Morgan fingerprint density at radius 2 is 1.97 bits per heavy atom. The summed E-state index contributed by atoms with van der Waals surface area (Å²) < 4.78 is 37.6. The normalized spacial score (nSPS) is 12.4. The van der Waals surface area contributed by atoms with Gasteiger partial charge in [-0.2, -0.15) is 12.6 Å². The second-order valence-corrected chi connectivity index (χ2v) is 9.29.